The monoisotopic (exact) mass is 402 g/mol. The molecule has 0 atom stereocenters. The van der Waals surface area contributed by atoms with Crippen LogP contribution in [0.3, 0.4) is 0 Å². The molecule has 0 saturated carbocycles. The molecule has 3 aromatic rings. The number of nitrogens with one attached hydrogen (secondary N) is 1. The van der Waals surface area contributed by atoms with Crippen LogP contribution in [-0.2, 0) is 30.2 Å². The first-order chi connectivity index (χ1) is 12.7. The van der Waals surface area contributed by atoms with Gasteiger partial charge >= 0.3 is 0 Å². The van der Waals surface area contributed by atoms with Gasteiger partial charge in [-0.2, -0.15) is 0 Å². The average molecular weight is 402 g/mol. The molecule has 0 aliphatic heterocycles. The minimum atomic E-state index is 0. The van der Waals surface area contributed by atoms with E-state index < -0.39 is 0 Å². The Morgan fingerprint density at radius 1 is 0.852 bits per heavy atom. The number of hydrogen-bond donors (Lipinski definition) is 1. The Morgan fingerprint density at radius 2 is 1.48 bits per heavy atom. The van der Waals surface area contributed by atoms with E-state index in [1.54, 1.807) is 0 Å². The third kappa shape index (κ3) is 6.79. The van der Waals surface area contributed by atoms with Gasteiger partial charge in [-0.3, -0.25) is 14.9 Å². The Labute approximate surface area is 172 Å². The molecule has 3 rings (SSSR count). The molecule has 0 fully saturated rings. The average Bonchev–Trinajstić information content (AvgIpc) is 2.65. The summed E-state index contributed by atoms with van der Waals surface area (Å²) >= 11 is 0. The first kappa shape index (κ1) is 21.1. The molecule has 0 spiro atoms. The van der Waals surface area contributed by atoms with Gasteiger partial charge in [-0.05, 0) is 49.7 Å². The van der Waals surface area contributed by atoms with Crippen LogP contribution in [0.4, 0.5) is 5.69 Å². The van der Waals surface area contributed by atoms with Gasteiger partial charge in [0.2, 0.25) is 0 Å². The topological polar surface area (TPSA) is 41.0 Å². The Bertz CT molecular complexity index is 768. The van der Waals surface area contributed by atoms with E-state index in [-0.39, 0.29) is 17.1 Å². The van der Waals surface area contributed by atoms with E-state index in [1.165, 1.54) is 16.8 Å². The van der Waals surface area contributed by atoms with Crippen LogP contribution in [0.2, 0.25) is 0 Å². The molecular weight excluding hydrogens is 376 g/mol. The third-order valence-electron chi connectivity index (χ3n) is 4.35. The standard InChI is InChI=1S/C22H26N4.Fe/c1-18-9-10-22(19(2)15-18)25-13-14-26(16-20-7-3-5-11-23-20)17-21-8-4-6-12-24-21;/h3-12,15,25H,13-14,16-17H2,1-2H3;. The first-order valence-electron chi connectivity index (χ1n) is 9.04. The van der Waals surface area contributed by atoms with Gasteiger partial charge in [0, 0.05) is 61.3 Å². The summed E-state index contributed by atoms with van der Waals surface area (Å²) in [4.78, 5) is 11.3. The van der Waals surface area contributed by atoms with E-state index in [4.69, 9.17) is 0 Å². The summed E-state index contributed by atoms with van der Waals surface area (Å²) in [5.41, 5.74) is 5.93. The van der Waals surface area contributed by atoms with E-state index in [0.29, 0.717) is 0 Å². The molecule has 0 amide bonds. The summed E-state index contributed by atoms with van der Waals surface area (Å²) in [7, 11) is 0. The van der Waals surface area contributed by atoms with Crippen molar-refractivity contribution >= 4 is 5.69 Å². The maximum absolute atomic E-state index is 4.47. The zero-order valence-electron chi connectivity index (χ0n) is 15.9. The molecule has 0 aliphatic rings. The normalized spacial score (nSPS) is 10.5. The fourth-order valence-corrected chi connectivity index (χ4v) is 3.02. The van der Waals surface area contributed by atoms with Gasteiger partial charge < -0.3 is 5.32 Å². The number of rotatable bonds is 8. The molecule has 1 N–H and O–H groups in total. The summed E-state index contributed by atoms with van der Waals surface area (Å²) < 4.78 is 0. The zero-order valence-corrected chi connectivity index (χ0v) is 17.0. The number of hydrogen-bond acceptors (Lipinski definition) is 4. The predicted octanol–water partition coefficient (Wildman–Crippen LogP) is 4.21. The maximum atomic E-state index is 4.47. The molecule has 5 heteroatoms. The van der Waals surface area contributed by atoms with E-state index in [1.807, 2.05) is 36.7 Å². The van der Waals surface area contributed by atoms with Gasteiger partial charge in [-0.25, -0.2) is 0 Å². The van der Waals surface area contributed by atoms with Gasteiger partial charge in [0.05, 0.1) is 11.4 Å². The maximum Gasteiger partial charge on any atom is 0.0544 e. The second kappa shape index (κ2) is 10.8. The SMILES string of the molecule is Cc1ccc(NCCN(Cc2ccccn2)Cc2ccccn2)c(C)c1.[Fe]. The number of anilines is 1. The largest absolute Gasteiger partial charge is 0.384 e. The van der Waals surface area contributed by atoms with Crippen molar-refractivity contribution in [2.75, 3.05) is 18.4 Å². The summed E-state index contributed by atoms with van der Waals surface area (Å²) in [5.74, 6) is 0. The van der Waals surface area contributed by atoms with Crippen molar-refractivity contribution in [1.82, 2.24) is 14.9 Å². The van der Waals surface area contributed by atoms with Gasteiger partial charge in [-0.15, -0.1) is 0 Å². The summed E-state index contributed by atoms with van der Waals surface area (Å²) in [6.07, 6.45) is 3.70. The minimum absolute atomic E-state index is 0. The quantitative estimate of drug-likeness (QED) is 0.574. The molecule has 0 unspecified atom stereocenters. The molecule has 0 bridgehead atoms. The fraction of sp³-hybridized carbons (Fsp3) is 0.273. The minimum Gasteiger partial charge on any atom is -0.384 e. The number of nitrogens with zero attached hydrogens (tertiary/aromatic N) is 3. The number of benzene rings is 1. The van der Waals surface area contributed by atoms with Crippen LogP contribution in [0.5, 0.6) is 0 Å². The molecule has 142 valence electrons. The van der Waals surface area contributed by atoms with Crippen molar-refractivity contribution in [3.63, 3.8) is 0 Å². The molecule has 27 heavy (non-hydrogen) atoms. The molecular formula is C22H26FeN4. The smallest absolute Gasteiger partial charge is 0.0544 e. The zero-order chi connectivity index (χ0) is 18.2. The Balaban J connectivity index is 0.00000261. The predicted molar refractivity (Wildman–Crippen MR) is 107 cm³/mol. The van der Waals surface area contributed by atoms with Crippen molar-refractivity contribution in [3.8, 4) is 0 Å². The van der Waals surface area contributed by atoms with Crippen LogP contribution in [0.15, 0.2) is 67.0 Å². The van der Waals surface area contributed by atoms with E-state index in [0.717, 1.165) is 37.6 Å². The van der Waals surface area contributed by atoms with Crippen LogP contribution in [-0.4, -0.2) is 28.0 Å². The Morgan fingerprint density at radius 3 is 2.00 bits per heavy atom. The molecule has 0 radical (unpaired) electrons. The molecule has 0 saturated heterocycles. The van der Waals surface area contributed by atoms with Gasteiger partial charge in [0.1, 0.15) is 0 Å². The number of pyridine rings is 2. The van der Waals surface area contributed by atoms with Gasteiger partial charge in [0.25, 0.3) is 0 Å². The van der Waals surface area contributed by atoms with E-state index in [2.05, 4.69) is 64.4 Å². The Kier molecular flexibility index (Phi) is 8.46. The Hall–Kier alpha value is -2.20. The molecule has 2 heterocycles. The van der Waals surface area contributed by atoms with E-state index in [9.17, 15) is 0 Å². The number of aromatic nitrogens is 2. The van der Waals surface area contributed by atoms with Crippen molar-refractivity contribution in [1.29, 1.82) is 0 Å². The molecule has 4 nitrogen and oxygen atoms in total. The number of aryl methyl sites for hydroxylation is 2. The van der Waals surface area contributed by atoms with E-state index >= 15 is 0 Å². The van der Waals surface area contributed by atoms with Crippen molar-refractivity contribution in [3.05, 3.63) is 89.5 Å². The second-order valence-corrected chi connectivity index (χ2v) is 6.60. The van der Waals surface area contributed by atoms with Crippen LogP contribution >= 0.6 is 0 Å². The second-order valence-electron chi connectivity index (χ2n) is 6.60. The van der Waals surface area contributed by atoms with Crippen molar-refractivity contribution in [2.45, 2.75) is 26.9 Å². The van der Waals surface area contributed by atoms with Crippen LogP contribution < -0.4 is 5.32 Å². The van der Waals surface area contributed by atoms with Gasteiger partial charge in [-0.1, -0.05) is 29.8 Å². The van der Waals surface area contributed by atoms with Crippen molar-refractivity contribution in [2.24, 2.45) is 0 Å². The van der Waals surface area contributed by atoms with Crippen molar-refractivity contribution < 1.29 is 17.1 Å². The molecule has 1 aromatic carbocycles. The fourth-order valence-electron chi connectivity index (χ4n) is 3.02. The summed E-state index contributed by atoms with van der Waals surface area (Å²) in [6.45, 7) is 7.69. The molecule has 0 aliphatic carbocycles. The van der Waals surface area contributed by atoms with Crippen LogP contribution in [0.1, 0.15) is 22.5 Å². The summed E-state index contributed by atoms with van der Waals surface area (Å²) in [6, 6.07) is 18.6. The first-order valence-corrected chi connectivity index (χ1v) is 9.04. The third-order valence-corrected chi connectivity index (χ3v) is 4.35. The van der Waals surface area contributed by atoms with Crippen LogP contribution in [0.25, 0.3) is 0 Å². The molecule has 2 aromatic heterocycles. The van der Waals surface area contributed by atoms with Gasteiger partial charge in [0.15, 0.2) is 0 Å². The summed E-state index contributed by atoms with van der Waals surface area (Å²) in [5, 5.41) is 3.56. The van der Waals surface area contributed by atoms with Crippen LogP contribution in [0, 0.1) is 13.8 Å².